The second kappa shape index (κ2) is 10.3. The highest BCUT2D eigenvalue weighted by atomic mass is 16.6. The molecule has 0 aliphatic carbocycles. The fourth-order valence-electron chi connectivity index (χ4n) is 0.862. The third kappa shape index (κ3) is 11.7. The number of hydrogen-bond acceptors (Lipinski definition) is 5. The monoisotopic (exact) mass is 222 g/mol. The average Bonchev–Trinajstić information content (AvgIpc) is 2.17. The van der Waals surface area contributed by atoms with Crippen LogP contribution in [0.15, 0.2) is 0 Å². The fraction of sp³-hybridized carbons (Fsp3) is 1.00. The van der Waals surface area contributed by atoms with Gasteiger partial charge in [-0.3, -0.25) is 0 Å². The van der Waals surface area contributed by atoms with Crippen LogP contribution in [-0.2, 0) is 14.2 Å². The topological polar surface area (TPSA) is 68.2 Å². The van der Waals surface area contributed by atoms with Gasteiger partial charge in [-0.05, 0) is 5.92 Å². The molecule has 0 radical (unpaired) electrons. The van der Waals surface area contributed by atoms with E-state index in [0.717, 1.165) is 0 Å². The first-order valence-electron chi connectivity index (χ1n) is 5.22. The smallest absolute Gasteiger partial charge is 0.178 e. The molecular weight excluding hydrogens is 200 g/mol. The van der Waals surface area contributed by atoms with E-state index >= 15 is 0 Å². The Labute approximate surface area is 91.0 Å². The molecule has 0 bridgehead atoms. The zero-order chi connectivity index (χ0) is 11.5. The van der Waals surface area contributed by atoms with Gasteiger partial charge in [0.1, 0.15) is 0 Å². The predicted octanol–water partition coefficient (Wildman–Crippen LogP) is 0.00290. The molecule has 0 aromatic carbocycles. The minimum atomic E-state index is -0.901. The van der Waals surface area contributed by atoms with Gasteiger partial charge in [0.2, 0.25) is 0 Å². The number of ether oxygens (including phenoxy) is 3. The minimum Gasteiger partial charge on any atom is -0.394 e. The highest BCUT2D eigenvalue weighted by Gasteiger charge is 2.04. The van der Waals surface area contributed by atoms with E-state index in [1.807, 2.05) is 13.8 Å². The first kappa shape index (κ1) is 14.8. The van der Waals surface area contributed by atoms with E-state index < -0.39 is 6.29 Å². The van der Waals surface area contributed by atoms with Gasteiger partial charge in [-0.2, -0.15) is 0 Å². The van der Waals surface area contributed by atoms with Gasteiger partial charge in [-0.1, -0.05) is 13.8 Å². The quantitative estimate of drug-likeness (QED) is 0.402. The molecule has 2 N–H and O–H groups in total. The molecule has 0 heterocycles. The van der Waals surface area contributed by atoms with Crippen LogP contribution in [0.3, 0.4) is 0 Å². The van der Waals surface area contributed by atoms with Crippen molar-refractivity contribution in [2.24, 2.45) is 5.92 Å². The standard InChI is InChI=1S/C10H22O5/c1-9(2)7-14-8-10(12)15-6-5-13-4-3-11/h9-12H,3-8H2,1-2H3. The van der Waals surface area contributed by atoms with E-state index in [-0.39, 0.29) is 13.2 Å². The van der Waals surface area contributed by atoms with Crippen LogP contribution in [0.25, 0.3) is 0 Å². The average molecular weight is 222 g/mol. The largest absolute Gasteiger partial charge is 0.394 e. The first-order valence-corrected chi connectivity index (χ1v) is 5.22. The van der Waals surface area contributed by atoms with Gasteiger partial charge in [0.25, 0.3) is 0 Å². The summed E-state index contributed by atoms with van der Waals surface area (Å²) in [4.78, 5) is 0. The number of rotatable bonds is 10. The van der Waals surface area contributed by atoms with Crippen LogP contribution in [0.4, 0.5) is 0 Å². The number of aliphatic hydroxyl groups is 2. The Balaban J connectivity index is 3.15. The van der Waals surface area contributed by atoms with Crippen molar-refractivity contribution < 1.29 is 24.4 Å². The molecule has 0 aromatic heterocycles. The van der Waals surface area contributed by atoms with Crippen LogP contribution in [-0.4, -0.2) is 56.1 Å². The first-order chi connectivity index (χ1) is 7.16. The second-order valence-corrected chi connectivity index (χ2v) is 3.59. The van der Waals surface area contributed by atoms with Crippen LogP contribution in [0.2, 0.25) is 0 Å². The van der Waals surface area contributed by atoms with Crippen molar-refractivity contribution in [3.63, 3.8) is 0 Å². The number of aliphatic hydroxyl groups excluding tert-OH is 2. The van der Waals surface area contributed by atoms with Crippen molar-refractivity contribution in [1.29, 1.82) is 0 Å². The van der Waals surface area contributed by atoms with E-state index in [2.05, 4.69) is 0 Å². The number of hydrogen-bond donors (Lipinski definition) is 2. The van der Waals surface area contributed by atoms with Gasteiger partial charge in [0, 0.05) is 6.61 Å². The van der Waals surface area contributed by atoms with Crippen molar-refractivity contribution in [3.8, 4) is 0 Å². The van der Waals surface area contributed by atoms with Crippen LogP contribution < -0.4 is 0 Å². The highest BCUT2D eigenvalue weighted by Crippen LogP contribution is 1.95. The lowest BCUT2D eigenvalue weighted by molar-refractivity contribution is -0.148. The maximum Gasteiger partial charge on any atom is 0.178 e. The van der Waals surface area contributed by atoms with Gasteiger partial charge >= 0.3 is 0 Å². The molecule has 15 heavy (non-hydrogen) atoms. The molecule has 0 spiro atoms. The zero-order valence-corrected chi connectivity index (χ0v) is 9.52. The molecule has 1 unspecified atom stereocenters. The lowest BCUT2D eigenvalue weighted by atomic mass is 10.2. The van der Waals surface area contributed by atoms with E-state index in [4.69, 9.17) is 19.3 Å². The maximum atomic E-state index is 9.27. The van der Waals surface area contributed by atoms with Crippen LogP contribution in [0.5, 0.6) is 0 Å². The van der Waals surface area contributed by atoms with Crippen LogP contribution in [0, 0.1) is 5.92 Å². The summed E-state index contributed by atoms with van der Waals surface area (Å²) >= 11 is 0. The minimum absolute atomic E-state index is 0.0000527. The van der Waals surface area contributed by atoms with Gasteiger partial charge in [-0.25, -0.2) is 0 Å². The van der Waals surface area contributed by atoms with E-state index in [1.54, 1.807) is 0 Å². The normalized spacial score (nSPS) is 13.4. The van der Waals surface area contributed by atoms with Gasteiger partial charge in [0.05, 0.1) is 33.0 Å². The lowest BCUT2D eigenvalue weighted by Gasteiger charge is -2.13. The van der Waals surface area contributed by atoms with Gasteiger partial charge < -0.3 is 24.4 Å². The molecule has 1 atom stereocenters. The van der Waals surface area contributed by atoms with Crippen LogP contribution in [0.1, 0.15) is 13.8 Å². The molecule has 0 aromatic rings. The van der Waals surface area contributed by atoms with Crippen molar-refractivity contribution in [2.45, 2.75) is 20.1 Å². The summed E-state index contributed by atoms with van der Waals surface area (Å²) in [5.41, 5.74) is 0. The van der Waals surface area contributed by atoms with Gasteiger partial charge in [-0.15, -0.1) is 0 Å². The Morgan fingerprint density at radius 1 is 1.00 bits per heavy atom. The SMILES string of the molecule is CC(C)COCC(O)OCCOCCO. The van der Waals surface area contributed by atoms with E-state index in [0.29, 0.717) is 32.3 Å². The molecule has 0 fully saturated rings. The third-order valence-corrected chi connectivity index (χ3v) is 1.49. The summed E-state index contributed by atoms with van der Waals surface area (Å²) in [5, 5.41) is 17.7. The molecule has 5 heteroatoms. The molecule has 0 aliphatic heterocycles. The van der Waals surface area contributed by atoms with E-state index in [9.17, 15) is 5.11 Å². The van der Waals surface area contributed by atoms with Gasteiger partial charge in [0.15, 0.2) is 6.29 Å². The highest BCUT2D eigenvalue weighted by molar-refractivity contribution is 4.42. The Morgan fingerprint density at radius 2 is 1.73 bits per heavy atom. The molecular formula is C10H22O5. The van der Waals surface area contributed by atoms with Crippen molar-refractivity contribution in [3.05, 3.63) is 0 Å². The van der Waals surface area contributed by atoms with Crippen LogP contribution >= 0.6 is 0 Å². The molecule has 0 rings (SSSR count). The summed E-state index contributed by atoms with van der Waals surface area (Å²) < 4.78 is 15.1. The second-order valence-electron chi connectivity index (χ2n) is 3.59. The molecule has 0 aliphatic rings. The molecule has 92 valence electrons. The van der Waals surface area contributed by atoms with Crippen molar-refractivity contribution in [1.82, 2.24) is 0 Å². The Hall–Kier alpha value is -0.200. The molecule has 0 saturated carbocycles. The molecule has 0 amide bonds. The fourth-order valence-corrected chi connectivity index (χ4v) is 0.862. The molecule has 5 nitrogen and oxygen atoms in total. The third-order valence-electron chi connectivity index (χ3n) is 1.49. The summed E-state index contributed by atoms with van der Waals surface area (Å²) in [7, 11) is 0. The Morgan fingerprint density at radius 3 is 2.33 bits per heavy atom. The van der Waals surface area contributed by atoms with Crippen molar-refractivity contribution in [2.75, 3.05) is 39.6 Å². The van der Waals surface area contributed by atoms with Crippen molar-refractivity contribution >= 4 is 0 Å². The Kier molecular flexibility index (Phi) is 10.2. The summed E-state index contributed by atoms with van der Waals surface area (Å²) in [6.07, 6.45) is -0.901. The summed E-state index contributed by atoms with van der Waals surface area (Å²) in [5.74, 6) is 0.449. The Bertz CT molecular complexity index is 129. The molecule has 0 saturated heterocycles. The lowest BCUT2D eigenvalue weighted by Crippen LogP contribution is -2.22. The summed E-state index contributed by atoms with van der Waals surface area (Å²) in [6, 6.07) is 0. The predicted molar refractivity (Wildman–Crippen MR) is 55.5 cm³/mol. The summed E-state index contributed by atoms with van der Waals surface area (Å²) in [6.45, 7) is 5.82. The van der Waals surface area contributed by atoms with E-state index in [1.165, 1.54) is 0 Å². The maximum absolute atomic E-state index is 9.27. The zero-order valence-electron chi connectivity index (χ0n) is 9.52.